The first-order valence-corrected chi connectivity index (χ1v) is 8.78. The second-order valence-corrected chi connectivity index (χ2v) is 7.48. The van der Waals surface area contributed by atoms with E-state index in [9.17, 15) is 4.79 Å². The third-order valence-electron chi connectivity index (χ3n) is 3.48. The highest BCUT2D eigenvalue weighted by Crippen LogP contribution is 2.34. The molecule has 2 heterocycles. The molecule has 0 aliphatic carbocycles. The number of hydrogen-bond donors (Lipinski definition) is 0. The van der Waals surface area contributed by atoms with E-state index < -0.39 is 0 Å². The van der Waals surface area contributed by atoms with Crippen molar-refractivity contribution in [3.05, 3.63) is 39.2 Å². The zero-order chi connectivity index (χ0) is 14.8. The minimum atomic E-state index is -0.0174. The number of hydrogen-bond acceptors (Lipinski definition) is 4. The quantitative estimate of drug-likeness (QED) is 0.585. The molecule has 2 aliphatic heterocycles. The van der Waals surface area contributed by atoms with Crippen LogP contribution in [0.2, 0.25) is 0 Å². The van der Waals surface area contributed by atoms with E-state index in [0.29, 0.717) is 15.8 Å². The van der Waals surface area contributed by atoms with E-state index >= 15 is 0 Å². The fraction of sp³-hybridized carbons (Fsp3) is 0.333. The zero-order valence-corrected chi connectivity index (χ0v) is 14.5. The summed E-state index contributed by atoms with van der Waals surface area (Å²) in [7, 11) is 0. The number of thiocarbonyl (C=S) groups is 1. The molecule has 0 saturated carbocycles. The first-order valence-electron chi connectivity index (χ1n) is 6.76. The van der Waals surface area contributed by atoms with Crippen LogP contribution in [-0.2, 0) is 9.53 Å². The number of carbonyl (C=O) groups excluding carboxylic acids is 1. The lowest BCUT2D eigenvalue weighted by molar-refractivity contribution is -0.123. The standard InChI is InChI=1S/C15H14BrNO2S2/c16-12-6-2-1-4-10(12)8-13-14(18)17(15(20)21-13)9-11-5-3-7-19-11/h1-2,4,6,8,11H,3,5,7,9H2/b13-8-. The van der Waals surface area contributed by atoms with Gasteiger partial charge in [-0.15, -0.1) is 0 Å². The Morgan fingerprint density at radius 2 is 2.29 bits per heavy atom. The van der Waals surface area contributed by atoms with E-state index in [1.807, 2.05) is 30.3 Å². The minimum absolute atomic E-state index is 0.0174. The van der Waals surface area contributed by atoms with Crippen molar-refractivity contribution in [1.82, 2.24) is 4.90 Å². The van der Waals surface area contributed by atoms with Crippen molar-refractivity contribution in [2.75, 3.05) is 13.2 Å². The monoisotopic (exact) mass is 383 g/mol. The van der Waals surface area contributed by atoms with Gasteiger partial charge in [0.15, 0.2) is 0 Å². The third-order valence-corrected chi connectivity index (χ3v) is 5.58. The Balaban J connectivity index is 1.78. The molecule has 0 bridgehead atoms. The molecule has 3 nitrogen and oxygen atoms in total. The van der Waals surface area contributed by atoms with Gasteiger partial charge in [0.25, 0.3) is 5.91 Å². The molecule has 0 aromatic heterocycles. The number of nitrogens with zero attached hydrogens (tertiary/aromatic N) is 1. The number of ether oxygens (including phenoxy) is 1. The van der Waals surface area contributed by atoms with E-state index in [1.54, 1.807) is 4.90 Å². The molecule has 3 rings (SSSR count). The molecular formula is C15H14BrNO2S2. The Morgan fingerprint density at radius 1 is 1.48 bits per heavy atom. The molecule has 21 heavy (non-hydrogen) atoms. The van der Waals surface area contributed by atoms with Gasteiger partial charge in [0.1, 0.15) is 4.32 Å². The van der Waals surface area contributed by atoms with Gasteiger partial charge in [0.2, 0.25) is 0 Å². The molecule has 6 heteroatoms. The van der Waals surface area contributed by atoms with Gasteiger partial charge in [-0.25, -0.2) is 0 Å². The average Bonchev–Trinajstić information content (AvgIpc) is 3.06. The summed E-state index contributed by atoms with van der Waals surface area (Å²) < 4.78 is 7.18. The Kier molecular flexibility index (Phi) is 4.78. The molecule has 1 atom stereocenters. The van der Waals surface area contributed by atoms with Gasteiger partial charge < -0.3 is 4.74 Å². The molecule has 0 N–H and O–H groups in total. The molecule has 2 saturated heterocycles. The highest BCUT2D eigenvalue weighted by Gasteiger charge is 2.34. The van der Waals surface area contributed by atoms with Gasteiger partial charge >= 0.3 is 0 Å². The van der Waals surface area contributed by atoms with Crippen molar-refractivity contribution in [2.45, 2.75) is 18.9 Å². The van der Waals surface area contributed by atoms with Crippen LogP contribution in [0.1, 0.15) is 18.4 Å². The molecule has 110 valence electrons. The van der Waals surface area contributed by atoms with Crippen LogP contribution >= 0.6 is 39.9 Å². The fourth-order valence-electron chi connectivity index (χ4n) is 2.38. The molecule has 0 radical (unpaired) electrons. The van der Waals surface area contributed by atoms with Crippen molar-refractivity contribution in [2.24, 2.45) is 0 Å². The number of benzene rings is 1. The summed E-state index contributed by atoms with van der Waals surface area (Å²) in [5.41, 5.74) is 0.982. The minimum Gasteiger partial charge on any atom is -0.376 e. The predicted octanol–water partition coefficient (Wildman–Crippen LogP) is 3.83. The maximum Gasteiger partial charge on any atom is 0.266 e. The van der Waals surface area contributed by atoms with Crippen LogP contribution in [0.25, 0.3) is 6.08 Å². The normalized spacial score (nSPS) is 24.3. The number of amides is 1. The zero-order valence-electron chi connectivity index (χ0n) is 11.3. The van der Waals surface area contributed by atoms with Crippen LogP contribution < -0.4 is 0 Å². The van der Waals surface area contributed by atoms with Gasteiger partial charge in [0.05, 0.1) is 17.6 Å². The first-order chi connectivity index (χ1) is 10.1. The molecule has 0 spiro atoms. The van der Waals surface area contributed by atoms with Crippen molar-refractivity contribution in [3.8, 4) is 0 Å². The number of rotatable bonds is 3. The summed E-state index contributed by atoms with van der Waals surface area (Å²) >= 11 is 10.2. The lowest BCUT2D eigenvalue weighted by atomic mass is 10.2. The second kappa shape index (κ2) is 6.60. The van der Waals surface area contributed by atoms with Crippen LogP contribution in [0, 0.1) is 0 Å². The highest BCUT2D eigenvalue weighted by atomic mass is 79.9. The lowest BCUT2D eigenvalue weighted by Gasteiger charge is -2.18. The van der Waals surface area contributed by atoms with Gasteiger partial charge in [-0.05, 0) is 30.5 Å². The van der Waals surface area contributed by atoms with E-state index in [-0.39, 0.29) is 12.0 Å². The van der Waals surface area contributed by atoms with Gasteiger partial charge in [0, 0.05) is 11.1 Å². The van der Waals surface area contributed by atoms with Crippen LogP contribution in [0.4, 0.5) is 0 Å². The molecule has 1 amide bonds. The molecule has 2 fully saturated rings. The summed E-state index contributed by atoms with van der Waals surface area (Å²) in [6, 6.07) is 7.82. The molecular weight excluding hydrogens is 370 g/mol. The maximum absolute atomic E-state index is 12.5. The lowest BCUT2D eigenvalue weighted by Crippen LogP contribution is -2.35. The van der Waals surface area contributed by atoms with Gasteiger partial charge in [-0.2, -0.15) is 0 Å². The number of thioether (sulfide) groups is 1. The van der Waals surface area contributed by atoms with Crippen molar-refractivity contribution < 1.29 is 9.53 Å². The van der Waals surface area contributed by atoms with Crippen LogP contribution in [0.3, 0.4) is 0 Å². The summed E-state index contributed by atoms with van der Waals surface area (Å²) in [6.07, 6.45) is 4.07. The Bertz CT molecular complexity index is 611. The second-order valence-electron chi connectivity index (χ2n) is 4.95. The van der Waals surface area contributed by atoms with Crippen LogP contribution in [0.15, 0.2) is 33.6 Å². The highest BCUT2D eigenvalue weighted by molar-refractivity contribution is 9.10. The number of halogens is 1. The predicted molar refractivity (Wildman–Crippen MR) is 93.0 cm³/mol. The van der Waals surface area contributed by atoms with Gasteiger partial charge in [-0.3, -0.25) is 9.69 Å². The topological polar surface area (TPSA) is 29.5 Å². The van der Waals surface area contributed by atoms with Crippen LogP contribution in [0.5, 0.6) is 0 Å². The summed E-state index contributed by atoms with van der Waals surface area (Å²) in [6.45, 7) is 1.35. The van der Waals surface area contributed by atoms with E-state index in [0.717, 1.165) is 29.5 Å². The Hall–Kier alpha value is -0.690. The molecule has 1 aromatic carbocycles. The third kappa shape index (κ3) is 3.39. The summed E-state index contributed by atoms with van der Waals surface area (Å²) in [4.78, 5) is 14.8. The maximum atomic E-state index is 12.5. The summed E-state index contributed by atoms with van der Waals surface area (Å²) in [5, 5.41) is 0. The van der Waals surface area contributed by atoms with E-state index in [2.05, 4.69) is 15.9 Å². The van der Waals surface area contributed by atoms with Crippen molar-refractivity contribution in [3.63, 3.8) is 0 Å². The molecule has 1 aromatic rings. The van der Waals surface area contributed by atoms with E-state index in [4.69, 9.17) is 17.0 Å². The van der Waals surface area contributed by atoms with E-state index in [1.165, 1.54) is 11.8 Å². The fourth-order valence-corrected chi connectivity index (χ4v) is 4.05. The Morgan fingerprint density at radius 3 is 3.00 bits per heavy atom. The van der Waals surface area contributed by atoms with Gasteiger partial charge in [-0.1, -0.05) is 58.1 Å². The van der Waals surface area contributed by atoms with Crippen molar-refractivity contribution >= 4 is 56.2 Å². The molecule has 2 aliphatic rings. The summed E-state index contributed by atoms with van der Waals surface area (Å²) in [5.74, 6) is -0.0174. The molecule has 1 unspecified atom stereocenters. The smallest absolute Gasteiger partial charge is 0.266 e. The average molecular weight is 384 g/mol. The Labute approximate surface area is 141 Å². The number of carbonyl (C=O) groups is 1. The SMILES string of the molecule is O=C1/C(=C/c2ccccc2Br)SC(=S)N1CC1CCCO1. The largest absolute Gasteiger partial charge is 0.376 e. The first kappa shape index (κ1) is 15.2. The van der Waals surface area contributed by atoms with Crippen LogP contribution in [-0.4, -0.2) is 34.4 Å². The van der Waals surface area contributed by atoms with Crippen molar-refractivity contribution in [1.29, 1.82) is 0 Å².